The Bertz CT molecular complexity index is 720. The average molecular weight is 372 g/mol. The molecule has 1 saturated heterocycles. The first-order chi connectivity index (χ1) is 12.8. The van der Waals surface area contributed by atoms with Crippen molar-refractivity contribution in [3.8, 4) is 0 Å². The van der Waals surface area contributed by atoms with Gasteiger partial charge in [-0.2, -0.15) is 0 Å². The number of hydrogen-bond acceptors (Lipinski definition) is 4. The van der Waals surface area contributed by atoms with Gasteiger partial charge < -0.3 is 14.7 Å². The van der Waals surface area contributed by atoms with Crippen molar-refractivity contribution in [2.45, 2.75) is 25.4 Å². The Morgan fingerprint density at radius 1 is 1.27 bits per heavy atom. The zero-order valence-electron chi connectivity index (χ0n) is 14.8. The number of amides is 1. The Labute approximate surface area is 158 Å². The molecule has 1 aromatic carbocycles. The van der Waals surface area contributed by atoms with E-state index in [0.29, 0.717) is 19.5 Å². The summed E-state index contributed by atoms with van der Waals surface area (Å²) in [6.07, 6.45) is 6.85. The number of carbonyl (C=O) groups is 1. The monoisotopic (exact) mass is 371 g/mol. The Kier molecular flexibility index (Phi) is 7.00. The number of thiophene rings is 1. The molecule has 138 valence electrons. The zero-order chi connectivity index (χ0) is 18.2. The number of hydrogen-bond donors (Lipinski definition) is 1. The number of carbonyl (C=O) groups excluding carboxylic acids is 1. The highest BCUT2D eigenvalue weighted by atomic mass is 32.1. The van der Waals surface area contributed by atoms with Crippen molar-refractivity contribution < 1.29 is 14.6 Å². The van der Waals surface area contributed by atoms with E-state index in [1.807, 2.05) is 54.6 Å². The molecule has 0 radical (unpaired) electrons. The second kappa shape index (κ2) is 9.67. The van der Waals surface area contributed by atoms with Crippen molar-refractivity contribution in [2.75, 3.05) is 26.3 Å². The number of aliphatic hydroxyl groups is 1. The van der Waals surface area contributed by atoms with Crippen LogP contribution in [0.4, 0.5) is 0 Å². The third-order valence-corrected chi connectivity index (χ3v) is 5.56. The lowest BCUT2D eigenvalue weighted by atomic mass is 10.2. The summed E-state index contributed by atoms with van der Waals surface area (Å²) in [5.74, 6) is 0.0189. The van der Waals surface area contributed by atoms with Crippen molar-refractivity contribution in [1.82, 2.24) is 4.90 Å². The quantitative estimate of drug-likeness (QED) is 0.759. The van der Waals surface area contributed by atoms with Gasteiger partial charge in [0.2, 0.25) is 0 Å². The van der Waals surface area contributed by atoms with E-state index in [-0.39, 0.29) is 18.6 Å². The van der Waals surface area contributed by atoms with Crippen LogP contribution in [0.25, 0.3) is 6.08 Å². The molecule has 2 heterocycles. The highest BCUT2D eigenvalue weighted by molar-refractivity contribution is 7.14. The number of benzene rings is 1. The molecule has 26 heavy (non-hydrogen) atoms. The van der Waals surface area contributed by atoms with Crippen molar-refractivity contribution in [2.24, 2.45) is 0 Å². The molecule has 0 spiro atoms. The highest BCUT2D eigenvalue weighted by Crippen LogP contribution is 2.33. The van der Waals surface area contributed by atoms with Gasteiger partial charge in [0.25, 0.3) is 5.91 Å². The lowest BCUT2D eigenvalue weighted by Gasteiger charge is -2.20. The van der Waals surface area contributed by atoms with Gasteiger partial charge in [0.15, 0.2) is 0 Å². The third-order valence-electron chi connectivity index (χ3n) is 4.39. The molecule has 0 bridgehead atoms. The van der Waals surface area contributed by atoms with Crippen LogP contribution in [0.2, 0.25) is 0 Å². The summed E-state index contributed by atoms with van der Waals surface area (Å²) in [4.78, 5) is 16.6. The summed E-state index contributed by atoms with van der Waals surface area (Å²) < 4.78 is 5.71. The average Bonchev–Trinajstić information content (AvgIpc) is 3.36. The standard InChI is InChI=1S/C21H25NO3S/c23-15-6-14-22(13-4-9-17-7-2-1-3-8-17)21(24)20-12-11-19(26-20)18-10-5-16-25-18/h1-4,7-9,11-12,18,23H,5-6,10,13-16H2/b9-4+. The van der Waals surface area contributed by atoms with Crippen LogP contribution in [0, 0.1) is 0 Å². The minimum absolute atomic E-state index is 0.0189. The van der Waals surface area contributed by atoms with E-state index in [1.165, 1.54) is 11.3 Å². The summed E-state index contributed by atoms with van der Waals surface area (Å²) in [5, 5.41) is 9.15. The van der Waals surface area contributed by atoms with Crippen LogP contribution >= 0.6 is 11.3 Å². The van der Waals surface area contributed by atoms with E-state index in [1.54, 1.807) is 4.90 Å². The molecule has 1 aliphatic heterocycles. The lowest BCUT2D eigenvalue weighted by Crippen LogP contribution is -2.32. The molecule has 1 N–H and O–H groups in total. The van der Waals surface area contributed by atoms with Crippen LogP contribution in [0.5, 0.6) is 0 Å². The molecule has 1 unspecified atom stereocenters. The summed E-state index contributed by atoms with van der Waals surface area (Å²) in [7, 11) is 0. The van der Waals surface area contributed by atoms with E-state index in [4.69, 9.17) is 9.84 Å². The van der Waals surface area contributed by atoms with E-state index in [9.17, 15) is 4.79 Å². The summed E-state index contributed by atoms with van der Waals surface area (Å²) >= 11 is 1.53. The van der Waals surface area contributed by atoms with E-state index < -0.39 is 0 Å². The molecule has 3 rings (SSSR count). The molecule has 2 aromatic rings. The van der Waals surface area contributed by atoms with Crippen molar-refractivity contribution in [3.63, 3.8) is 0 Å². The molecular weight excluding hydrogens is 346 g/mol. The molecule has 0 saturated carbocycles. The fourth-order valence-electron chi connectivity index (χ4n) is 3.02. The number of nitrogens with zero attached hydrogens (tertiary/aromatic N) is 1. The van der Waals surface area contributed by atoms with Crippen molar-refractivity contribution >= 4 is 23.3 Å². The van der Waals surface area contributed by atoms with Gasteiger partial charge in [-0.25, -0.2) is 0 Å². The number of ether oxygens (including phenoxy) is 1. The van der Waals surface area contributed by atoms with Crippen LogP contribution in [-0.2, 0) is 4.74 Å². The Morgan fingerprint density at radius 3 is 2.85 bits per heavy atom. The first-order valence-corrected chi connectivity index (χ1v) is 9.92. The van der Waals surface area contributed by atoms with Gasteiger partial charge in [-0.1, -0.05) is 42.5 Å². The van der Waals surface area contributed by atoms with E-state index in [0.717, 1.165) is 34.8 Å². The highest BCUT2D eigenvalue weighted by Gasteiger charge is 2.22. The molecule has 5 heteroatoms. The van der Waals surface area contributed by atoms with E-state index >= 15 is 0 Å². The summed E-state index contributed by atoms with van der Waals surface area (Å²) in [6, 6.07) is 13.9. The van der Waals surface area contributed by atoms with Gasteiger partial charge in [0.1, 0.15) is 0 Å². The molecule has 1 amide bonds. The van der Waals surface area contributed by atoms with Gasteiger partial charge in [-0.15, -0.1) is 11.3 Å². The smallest absolute Gasteiger partial charge is 0.264 e. The molecule has 1 aromatic heterocycles. The van der Waals surface area contributed by atoms with Gasteiger partial charge in [0, 0.05) is 31.2 Å². The maximum Gasteiger partial charge on any atom is 0.264 e. The second-order valence-electron chi connectivity index (χ2n) is 6.35. The zero-order valence-corrected chi connectivity index (χ0v) is 15.7. The van der Waals surface area contributed by atoms with Gasteiger partial charge in [-0.05, 0) is 37.0 Å². The fourth-order valence-corrected chi connectivity index (χ4v) is 4.08. The number of rotatable bonds is 8. The second-order valence-corrected chi connectivity index (χ2v) is 7.46. The summed E-state index contributed by atoms with van der Waals surface area (Å²) in [5.41, 5.74) is 1.11. The predicted molar refractivity (Wildman–Crippen MR) is 105 cm³/mol. The van der Waals surface area contributed by atoms with Gasteiger partial charge >= 0.3 is 0 Å². The normalized spacial score (nSPS) is 17.0. The maximum atomic E-state index is 12.9. The van der Waals surface area contributed by atoms with Gasteiger partial charge in [0.05, 0.1) is 11.0 Å². The fraction of sp³-hybridized carbons (Fsp3) is 0.381. The van der Waals surface area contributed by atoms with Crippen LogP contribution in [0.15, 0.2) is 48.5 Å². The maximum absolute atomic E-state index is 12.9. The van der Waals surface area contributed by atoms with Crippen LogP contribution in [0.3, 0.4) is 0 Å². The molecular formula is C21H25NO3S. The van der Waals surface area contributed by atoms with Crippen LogP contribution in [0.1, 0.15) is 45.5 Å². The Balaban J connectivity index is 1.66. The van der Waals surface area contributed by atoms with Crippen LogP contribution in [-0.4, -0.2) is 42.2 Å². The lowest BCUT2D eigenvalue weighted by molar-refractivity contribution is 0.0769. The first kappa shape index (κ1) is 18.8. The third kappa shape index (κ3) is 5.04. The first-order valence-electron chi connectivity index (χ1n) is 9.11. The molecule has 0 aliphatic carbocycles. The topological polar surface area (TPSA) is 49.8 Å². The van der Waals surface area contributed by atoms with Gasteiger partial charge in [-0.3, -0.25) is 4.79 Å². The van der Waals surface area contributed by atoms with Crippen LogP contribution < -0.4 is 0 Å². The molecule has 1 aliphatic rings. The molecule has 4 nitrogen and oxygen atoms in total. The number of aliphatic hydroxyl groups excluding tert-OH is 1. The molecule has 1 fully saturated rings. The largest absolute Gasteiger partial charge is 0.396 e. The Hall–Kier alpha value is -1.95. The minimum Gasteiger partial charge on any atom is -0.396 e. The van der Waals surface area contributed by atoms with E-state index in [2.05, 4.69) is 0 Å². The summed E-state index contributed by atoms with van der Waals surface area (Å²) in [6.45, 7) is 1.96. The SMILES string of the molecule is O=C(c1ccc(C2CCCO2)s1)N(C/C=C/c1ccccc1)CCCO. The Morgan fingerprint density at radius 2 is 2.12 bits per heavy atom. The van der Waals surface area contributed by atoms with Crippen molar-refractivity contribution in [3.05, 3.63) is 63.9 Å². The van der Waals surface area contributed by atoms with Crippen molar-refractivity contribution in [1.29, 1.82) is 0 Å². The predicted octanol–water partition coefficient (Wildman–Crippen LogP) is 4.14. The minimum atomic E-state index is 0.0189. The molecule has 1 atom stereocenters.